The molecule has 5 nitrogen and oxygen atoms in total. The lowest BCUT2D eigenvalue weighted by molar-refractivity contribution is -0.710. The van der Waals surface area contributed by atoms with Crippen molar-refractivity contribution in [2.45, 2.75) is 33.6 Å². The highest BCUT2D eigenvalue weighted by molar-refractivity contribution is 4.49. The second kappa shape index (κ2) is 6.51. The smallest absolute Gasteiger partial charge is 0.230 e. The maximum Gasteiger partial charge on any atom is 0.230 e. The van der Waals surface area contributed by atoms with E-state index in [2.05, 4.69) is 19.1 Å². The molecule has 0 spiro atoms. The van der Waals surface area contributed by atoms with Gasteiger partial charge in [0.1, 0.15) is 0 Å². The fourth-order valence-electron chi connectivity index (χ4n) is 1.00. The number of rotatable bonds is 6. The minimum absolute atomic E-state index is 0.256. The Kier molecular flexibility index (Phi) is 6.01. The van der Waals surface area contributed by atoms with Gasteiger partial charge < -0.3 is 10.4 Å². The second-order valence-electron chi connectivity index (χ2n) is 3.48. The van der Waals surface area contributed by atoms with Crippen molar-refractivity contribution < 1.29 is 10.2 Å². The summed E-state index contributed by atoms with van der Waals surface area (Å²) in [5.74, 6) is 0.548. The first-order chi connectivity index (χ1) is 6.11. The molecule has 5 heteroatoms. The van der Waals surface area contributed by atoms with Gasteiger partial charge in [0.25, 0.3) is 0 Å². The Bertz CT molecular complexity index is 159. The standard InChI is InChI=1S/C8H19N3O2/c1-4-6-10(11(13)9-12)7-5-8(2)3/h8,12H,4-7H2,1-3H3/b11-9-. The molecule has 0 aliphatic rings. The van der Waals surface area contributed by atoms with Gasteiger partial charge >= 0.3 is 0 Å². The average Bonchev–Trinajstić information content (AvgIpc) is 2.10. The zero-order valence-electron chi connectivity index (χ0n) is 8.60. The Morgan fingerprint density at radius 2 is 2.08 bits per heavy atom. The molecular formula is C8H19N3O2. The van der Waals surface area contributed by atoms with Crippen LogP contribution in [0.3, 0.4) is 0 Å². The fraction of sp³-hybridized carbons (Fsp3) is 1.00. The van der Waals surface area contributed by atoms with E-state index in [1.807, 2.05) is 6.92 Å². The van der Waals surface area contributed by atoms with E-state index in [0.717, 1.165) is 12.8 Å². The molecule has 0 amide bonds. The third kappa shape index (κ3) is 5.27. The maximum atomic E-state index is 10.9. The molecule has 0 unspecified atom stereocenters. The van der Waals surface area contributed by atoms with E-state index in [0.29, 0.717) is 19.0 Å². The molecule has 0 aromatic rings. The summed E-state index contributed by atoms with van der Waals surface area (Å²) in [7, 11) is 0. The molecule has 0 fully saturated rings. The monoisotopic (exact) mass is 189 g/mol. The summed E-state index contributed by atoms with van der Waals surface area (Å²) < 4.78 is 0. The molecule has 0 aliphatic carbocycles. The molecule has 78 valence electrons. The number of hydrogen-bond acceptors (Lipinski definition) is 2. The molecule has 0 aromatic heterocycles. The minimum atomic E-state index is 0.256. The summed E-state index contributed by atoms with van der Waals surface area (Å²) in [4.78, 5) is 0.256. The van der Waals surface area contributed by atoms with E-state index in [4.69, 9.17) is 5.21 Å². The summed E-state index contributed by atoms with van der Waals surface area (Å²) in [6.07, 6.45) is 1.79. The van der Waals surface area contributed by atoms with E-state index >= 15 is 0 Å². The molecule has 0 saturated carbocycles. The highest BCUT2D eigenvalue weighted by Crippen LogP contribution is 2.03. The summed E-state index contributed by atoms with van der Waals surface area (Å²) in [6, 6.07) is 0. The average molecular weight is 189 g/mol. The van der Waals surface area contributed by atoms with Gasteiger partial charge in [-0.05, 0) is 18.8 Å². The van der Waals surface area contributed by atoms with Gasteiger partial charge in [-0.2, -0.15) is 0 Å². The Morgan fingerprint density at radius 1 is 1.46 bits per heavy atom. The lowest BCUT2D eigenvalue weighted by Gasteiger charge is -2.17. The van der Waals surface area contributed by atoms with Crippen LogP contribution < -0.4 is 0 Å². The first kappa shape index (κ1) is 12.0. The molecule has 0 bridgehead atoms. The van der Waals surface area contributed by atoms with Crippen LogP contribution in [0.4, 0.5) is 0 Å². The Morgan fingerprint density at radius 3 is 2.46 bits per heavy atom. The summed E-state index contributed by atoms with van der Waals surface area (Å²) in [6.45, 7) is 7.43. The van der Waals surface area contributed by atoms with E-state index < -0.39 is 0 Å². The second-order valence-corrected chi connectivity index (χ2v) is 3.48. The lowest BCUT2D eigenvalue weighted by Crippen LogP contribution is -2.33. The van der Waals surface area contributed by atoms with Crippen LogP contribution in [-0.4, -0.2) is 28.3 Å². The third-order valence-electron chi connectivity index (χ3n) is 1.76. The molecular weight excluding hydrogens is 170 g/mol. The van der Waals surface area contributed by atoms with Crippen LogP contribution in [0.2, 0.25) is 0 Å². The largest absolute Gasteiger partial charge is 0.569 e. The molecule has 0 saturated heterocycles. The number of nitrogens with zero attached hydrogens (tertiary/aromatic N) is 3. The van der Waals surface area contributed by atoms with Gasteiger partial charge in [0.05, 0.1) is 18.1 Å². The zero-order valence-corrected chi connectivity index (χ0v) is 8.60. The van der Waals surface area contributed by atoms with E-state index in [-0.39, 0.29) is 4.97 Å². The molecule has 0 rings (SSSR count). The van der Waals surface area contributed by atoms with Gasteiger partial charge in [-0.3, -0.25) is 0 Å². The van der Waals surface area contributed by atoms with Crippen LogP contribution in [0.5, 0.6) is 0 Å². The van der Waals surface area contributed by atoms with Crippen molar-refractivity contribution in [3.05, 3.63) is 5.21 Å². The van der Waals surface area contributed by atoms with Crippen molar-refractivity contribution in [2.24, 2.45) is 11.2 Å². The molecule has 13 heavy (non-hydrogen) atoms. The normalized spacial score (nSPS) is 12.2. The molecule has 1 N–H and O–H groups in total. The van der Waals surface area contributed by atoms with Crippen LogP contribution in [0.15, 0.2) is 5.28 Å². The predicted octanol–water partition coefficient (Wildman–Crippen LogP) is 2.01. The van der Waals surface area contributed by atoms with Gasteiger partial charge in [-0.15, -0.1) is 5.01 Å². The number of hydrazine groups is 1. The van der Waals surface area contributed by atoms with Crippen molar-refractivity contribution in [1.29, 1.82) is 0 Å². The van der Waals surface area contributed by atoms with Crippen molar-refractivity contribution in [2.75, 3.05) is 13.1 Å². The van der Waals surface area contributed by atoms with Crippen molar-refractivity contribution in [1.82, 2.24) is 5.01 Å². The van der Waals surface area contributed by atoms with Gasteiger partial charge in [-0.25, -0.2) is 0 Å². The van der Waals surface area contributed by atoms with Gasteiger partial charge in [0, 0.05) is 0 Å². The van der Waals surface area contributed by atoms with Gasteiger partial charge in [-0.1, -0.05) is 20.8 Å². The highest BCUT2D eigenvalue weighted by Gasteiger charge is 2.11. The summed E-state index contributed by atoms with van der Waals surface area (Å²) in [5.41, 5.74) is 0. The van der Waals surface area contributed by atoms with Crippen molar-refractivity contribution >= 4 is 0 Å². The molecule has 0 atom stereocenters. The topological polar surface area (TPSA) is 61.9 Å². The van der Waals surface area contributed by atoms with Crippen LogP contribution in [0.25, 0.3) is 0 Å². The summed E-state index contributed by atoms with van der Waals surface area (Å²) in [5, 5.41) is 23.3. The quantitative estimate of drug-likeness (QED) is 0.395. The van der Waals surface area contributed by atoms with Crippen LogP contribution in [-0.2, 0) is 0 Å². The molecule has 0 heterocycles. The van der Waals surface area contributed by atoms with Crippen LogP contribution >= 0.6 is 0 Å². The van der Waals surface area contributed by atoms with Crippen LogP contribution in [0.1, 0.15) is 33.6 Å². The highest BCUT2D eigenvalue weighted by atomic mass is 16.6. The van der Waals surface area contributed by atoms with E-state index in [1.54, 1.807) is 0 Å². The molecule has 0 aliphatic heterocycles. The Hall–Kier alpha value is -1.00. The Balaban J connectivity index is 3.94. The SMILES string of the molecule is CCCN(CCC(C)C)/[N+]([O-])=N/O. The predicted molar refractivity (Wildman–Crippen MR) is 49.2 cm³/mol. The fourth-order valence-corrected chi connectivity index (χ4v) is 1.00. The third-order valence-corrected chi connectivity index (χ3v) is 1.76. The van der Waals surface area contributed by atoms with Crippen LogP contribution in [0, 0.1) is 11.1 Å². The maximum absolute atomic E-state index is 10.9. The zero-order chi connectivity index (χ0) is 10.3. The molecule has 0 aromatic carbocycles. The van der Waals surface area contributed by atoms with E-state index in [9.17, 15) is 5.21 Å². The van der Waals surface area contributed by atoms with Crippen molar-refractivity contribution in [3.8, 4) is 0 Å². The van der Waals surface area contributed by atoms with Gasteiger partial charge in [0.2, 0.25) is 5.28 Å². The van der Waals surface area contributed by atoms with E-state index in [1.165, 1.54) is 5.01 Å². The number of hydrogen-bond donors (Lipinski definition) is 1. The lowest BCUT2D eigenvalue weighted by atomic mass is 10.1. The van der Waals surface area contributed by atoms with Crippen molar-refractivity contribution in [3.63, 3.8) is 0 Å². The first-order valence-electron chi connectivity index (χ1n) is 4.69. The molecule has 0 radical (unpaired) electrons. The Labute approximate surface area is 79.2 Å². The minimum Gasteiger partial charge on any atom is -0.569 e. The first-order valence-corrected chi connectivity index (χ1v) is 4.69. The summed E-state index contributed by atoms with van der Waals surface area (Å²) >= 11 is 0. The van der Waals surface area contributed by atoms with Gasteiger partial charge in [0.15, 0.2) is 0 Å².